The normalized spacial score (nSPS) is 10.6. The van der Waals surface area contributed by atoms with Crippen molar-refractivity contribution in [3.05, 3.63) is 77.5 Å². The minimum atomic E-state index is -0.266. The monoisotopic (exact) mass is 292 g/mol. The topological polar surface area (TPSA) is 51.2 Å². The largest absolute Gasteiger partial charge is 0.275 e. The lowest BCUT2D eigenvalue weighted by molar-refractivity contribution is 0.0235. The van der Waals surface area contributed by atoms with Crippen LogP contribution in [0.1, 0.15) is 21.6 Å². The number of nitrogens with zero attached hydrogens (tertiary/aromatic N) is 1. The van der Waals surface area contributed by atoms with Gasteiger partial charge in [0.15, 0.2) is 0 Å². The van der Waals surface area contributed by atoms with Gasteiger partial charge in [-0.25, -0.2) is 5.48 Å². The van der Waals surface area contributed by atoms with Crippen molar-refractivity contribution < 1.29 is 9.63 Å². The molecule has 1 aromatic heterocycles. The molecular weight excluding hydrogens is 276 g/mol. The number of hydroxylamine groups is 1. The molecule has 0 radical (unpaired) electrons. The first-order valence-electron chi connectivity index (χ1n) is 7.06. The first-order valence-corrected chi connectivity index (χ1v) is 7.06. The molecule has 0 bridgehead atoms. The summed E-state index contributed by atoms with van der Waals surface area (Å²) in [6, 6.07) is 19.0. The first kappa shape index (κ1) is 14.2. The molecular formula is C18H16N2O2. The molecule has 4 nitrogen and oxygen atoms in total. The number of rotatable bonds is 4. The molecule has 2 aromatic carbocycles. The van der Waals surface area contributed by atoms with E-state index >= 15 is 0 Å². The minimum Gasteiger partial charge on any atom is -0.269 e. The van der Waals surface area contributed by atoms with E-state index in [0.717, 1.165) is 22.2 Å². The number of nitrogens with one attached hydrogen (secondary N) is 1. The molecule has 0 unspecified atom stereocenters. The molecule has 0 aliphatic rings. The van der Waals surface area contributed by atoms with Gasteiger partial charge in [-0.15, -0.1) is 0 Å². The summed E-state index contributed by atoms with van der Waals surface area (Å²) in [5.74, 6) is -0.266. The van der Waals surface area contributed by atoms with Crippen molar-refractivity contribution in [3.8, 4) is 0 Å². The van der Waals surface area contributed by atoms with Crippen LogP contribution < -0.4 is 5.48 Å². The van der Waals surface area contributed by atoms with Gasteiger partial charge in [0.2, 0.25) is 0 Å². The van der Waals surface area contributed by atoms with Gasteiger partial charge in [-0.3, -0.25) is 14.6 Å². The Labute approximate surface area is 128 Å². The second-order valence-electron chi connectivity index (χ2n) is 5.03. The number of hydrogen-bond donors (Lipinski definition) is 1. The smallest absolute Gasteiger partial charge is 0.269 e. The minimum absolute atomic E-state index is 0.266. The van der Waals surface area contributed by atoms with Gasteiger partial charge in [-0.2, -0.15) is 0 Å². The number of pyridine rings is 1. The second-order valence-corrected chi connectivity index (χ2v) is 5.03. The van der Waals surface area contributed by atoms with Gasteiger partial charge in [-0.1, -0.05) is 48.5 Å². The van der Waals surface area contributed by atoms with E-state index in [0.29, 0.717) is 12.2 Å². The Kier molecular flexibility index (Phi) is 4.12. The van der Waals surface area contributed by atoms with Crippen molar-refractivity contribution in [1.82, 2.24) is 10.5 Å². The van der Waals surface area contributed by atoms with E-state index in [9.17, 15) is 4.79 Å². The number of carbonyl (C=O) groups excluding carboxylic acids is 1. The van der Waals surface area contributed by atoms with Crippen LogP contribution in [-0.2, 0) is 11.4 Å². The number of para-hydroxylation sites is 1. The van der Waals surface area contributed by atoms with E-state index in [2.05, 4.69) is 10.5 Å². The van der Waals surface area contributed by atoms with Gasteiger partial charge in [0.1, 0.15) is 0 Å². The first-order chi connectivity index (χ1) is 10.7. The molecule has 0 spiro atoms. The van der Waals surface area contributed by atoms with Gasteiger partial charge < -0.3 is 0 Å². The maximum Gasteiger partial charge on any atom is 0.275 e. The van der Waals surface area contributed by atoms with Crippen LogP contribution in [0.2, 0.25) is 0 Å². The van der Waals surface area contributed by atoms with E-state index in [4.69, 9.17) is 4.84 Å². The number of benzene rings is 2. The third-order valence-corrected chi connectivity index (χ3v) is 3.34. The van der Waals surface area contributed by atoms with E-state index in [1.54, 1.807) is 6.07 Å². The molecule has 0 saturated carbocycles. The summed E-state index contributed by atoms with van der Waals surface area (Å²) in [6.45, 7) is 2.20. The molecule has 0 atom stereocenters. The SMILES string of the molecule is Cc1cc(C(=O)NOCc2ccccc2)c2ccccc2n1. The van der Waals surface area contributed by atoms with Crippen LogP contribution in [0.15, 0.2) is 60.7 Å². The number of amides is 1. The van der Waals surface area contributed by atoms with E-state index < -0.39 is 0 Å². The standard InChI is InChI=1S/C18H16N2O2/c1-13-11-16(15-9-5-6-10-17(15)19-13)18(21)20-22-12-14-7-3-2-4-8-14/h2-11H,12H2,1H3,(H,20,21). The van der Waals surface area contributed by atoms with Gasteiger partial charge in [0.25, 0.3) is 5.91 Å². The zero-order valence-electron chi connectivity index (χ0n) is 12.2. The van der Waals surface area contributed by atoms with Crippen LogP contribution >= 0.6 is 0 Å². The summed E-state index contributed by atoms with van der Waals surface area (Å²) >= 11 is 0. The van der Waals surface area contributed by atoms with Crippen LogP contribution in [-0.4, -0.2) is 10.9 Å². The molecule has 1 amide bonds. The Morgan fingerprint density at radius 3 is 2.64 bits per heavy atom. The quantitative estimate of drug-likeness (QED) is 0.750. The molecule has 0 aliphatic carbocycles. The maximum absolute atomic E-state index is 12.3. The lowest BCUT2D eigenvalue weighted by atomic mass is 10.1. The molecule has 110 valence electrons. The average Bonchev–Trinajstić information content (AvgIpc) is 2.55. The van der Waals surface area contributed by atoms with Gasteiger partial charge in [0, 0.05) is 11.1 Å². The van der Waals surface area contributed by atoms with Crippen LogP contribution in [0.5, 0.6) is 0 Å². The summed E-state index contributed by atoms with van der Waals surface area (Å²) in [7, 11) is 0. The fourth-order valence-corrected chi connectivity index (χ4v) is 2.31. The molecule has 0 saturated heterocycles. The van der Waals surface area contributed by atoms with Crippen molar-refractivity contribution in [1.29, 1.82) is 0 Å². The number of fused-ring (bicyclic) bond motifs is 1. The fraction of sp³-hybridized carbons (Fsp3) is 0.111. The molecule has 0 aliphatic heterocycles. The number of aryl methyl sites for hydroxylation is 1. The fourth-order valence-electron chi connectivity index (χ4n) is 2.31. The molecule has 22 heavy (non-hydrogen) atoms. The van der Waals surface area contributed by atoms with E-state index in [1.807, 2.05) is 61.5 Å². The number of hydrogen-bond acceptors (Lipinski definition) is 3. The zero-order valence-corrected chi connectivity index (χ0v) is 12.2. The Hall–Kier alpha value is -2.72. The van der Waals surface area contributed by atoms with Crippen LogP contribution in [0.25, 0.3) is 10.9 Å². The van der Waals surface area contributed by atoms with Gasteiger partial charge >= 0.3 is 0 Å². The third kappa shape index (κ3) is 3.13. The molecule has 1 heterocycles. The highest BCUT2D eigenvalue weighted by atomic mass is 16.6. The Morgan fingerprint density at radius 1 is 1.09 bits per heavy atom. The van der Waals surface area contributed by atoms with E-state index in [-0.39, 0.29) is 5.91 Å². The predicted octanol–water partition coefficient (Wildman–Crippen LogP) is 3.40. The van der Waals surface area contributed by atoms with Crippen molar-refractivity contribution in [2.24, 2.45) is 0 Å². The van der Waals surface area contributed by atoms with Crippen LogP contribution in [0, 0.1) is 6.92 Å². The molecule has 3 aromatic rings. The van der Waals surface area contributed by atoms with Crippen LogP contribution in [0.4, 0.5) is 0 Å². The Balaban J connectivity index is 1.75. The third-order valence-electron chi connectivity index (χ3n) is 3.34. The summed E-state index contributed by atoms with van der Waals surface area (Å²) in [4.78, 5) is 22.1. The second kappa shape index (κ2) is 6.37. The highest BCUT2D eigenvalue weighted by Crippen LogP contribution is 2.18. The van der Waals surface area contributed by atoms with Gasteiger partial charge in [-0.05, 0) is 24.6 Å². The van der Waals surface area contributed by atoms with E-state index in [1.165, 1.54) is 0 Å². The van der Waals surface area contributed by atoms with Gasteiger partial charge in [0.05, 0.1) is 17.7 Å². The van der Waals surface area contributed by atoms with Crippen LogP contribution in [0.3, 0.4) is 0 Å². The maximum atomic E-state index is 12.3. The highest BCUT2D eigenvalue weighted by Gasteiger charge is 2.11. The number of aromatic nitrogens is 1. The number of carbonyl (C=O) groups is 1. The summed E-state index contributed by atoms with van der Waals surface area (Å²) in [5.41, 5.74) is 5.66. The highest BCUT2D eigenvalue weighted by molar-refractivity contribution is 6.05. The lowest BCUT2D eigenvalue weighted by Crippen LogP contribution is -2.24. The van der Waals surface area contributed by atoms with Crippen molar-refractivity contribution in [3.63, 3.8) is 0 Å². The summed E-state index contributed by atoms with van der Waals surface area (Å²) < 4.78 is 0. The molecule has 3 rings (SSSR count). The zero-order chi connectivity index (χ0) is 15.4. The van der Waals surface area contributed by atoms with Crippen molar-refractivity contribution in [2.45, 2.75) is 13.5 Å². The average molecular weight is 292 g/mol. The molecule has 1 N–H and O–H groups in total. The van der Waals surface area contributed by atoms with Crippen molar-refractivity contribution >= 4 is 16.8 Å². The molecule has 0 fully saturated rings. The lowest BCUT2D eigenvalue weighted by Gasteiger charge is -2.09. The van der Waals surface area contributed by atoms with Crippen molar-refractivity contribution in [2.75, 3.05) is 0 Å². The summed E-state index contributed by atoms with van der Waals surface area (Å²) in [5, 5.41) is 0.814. The molecule has 4 heteroatoms. The predicted molar refractivity (Wildman–Crippen MR) is 85.2 cm³/mol. The summed E-state index contributed by atoms with van der Waals surface area (Å²) in [6.07, 6.45) is 0. The Morgan fingerprint density at radius 2 is 1.82 bits per heavy atom. The Bertz CT molecular complexity index is 801.